The highest BCUT2D eigenvalue weighted by Crippen LogP contribution is 2.41. The molecule has 0 aromatic heterocycles. The minimum absolute atomic E-state index is 0.135. The monoisotopic (exact) mass is 425 g/mol. The number of nitrogens with one attached hydrogen (secondary N) is 1. The van der Waals surface area contributed by atoms with E-state index in [1.807, 2.05) is 69.3 Å². The molecule has 1 unspecified atom stereocenters. The summed E-state index contributed by atoms with van der Waals surface area (Å²) < 4.78 is 6.23. The SMILES string of the molecule is CC.CC(=O)CSC1(C)NC(c2ccccc2)=C(c2ccccc2)O1.CCC1CC1. The number of carbonyl (C=O) groups is 1. The lowest BCUT2D eigenvalue weighted by Crippen LogP contribution is -2.35. The molecule has 1 heterocycles. The molecule has 1 N–H and O–H groups in total. The fraction of sp³-hybridized carbons (Fsp3) is 0.423. The maximum Gasteiger partial charge on any atom is 0.227 e. The lowest BCUT2D eigenvalue weighted by Gasteiger charge is -2.25. The molecular weight excluding hydrogens is 390 g/mol. The number of ketones is 1. The predicted octanol–water partition coefficient (Wildman–Crippen LogP) is 6.96. The van der Waals surface area contributed by atoms with Crippen molar-refractivity contribution >= 4 is 29.0 Å². The zero-order valence-corrected chi connectivity index (χ0v) is 19.7. The molecule has 0 bridgehead atoms. The summed E-state index contributed by atoms with van der Waals surface area (Å²) in [6, 6.07) is 20.1. The molecule has 1 atom stereocenters. The molecule has 162 valence electrons. The van der Waals surface area contributed by atoms with E-state index in [1.54, 1.807) is 6.92 Å². The fourth-order valence-electron chi connectivity index (χ4n) is 2.99. The second-order valence-corrected chi connectivity index (χ2v) is 8.81. The number of thioether (sulfide) groups is 1. The second-order valence-electron chi connectivity index (χ2n) is 7.45. The molecule has 2 aromatic rings. The lowest BCUT2D eigenvalue weighted by molar-refractivity contribution is -0.114. The van der Waals surface area contributed by atoms with Crippen LogP contribution in [0.15, 0.2) is 60.7 Å². The summed E-state index contributed by atoms with van der Waals surface area (Å²) in [6.07, 6.45) is 4.44. The Hall–Kier alpha value is -2.20. The standard InChI is InChI=1S/C19H19NO2S.C5H10.C2H6/c1-14(21)13-23-19(2)20-17(15-9-5-3-6-10-15)18(22-19)16-11-7-4-8-12-16;1-2-5-3-4-5;1-2/h3-12,20H,13H2,1-2H3;5H,2-4H2,1H3;1-2H3. The van der Waals surface area contributed by atoms with Gasteiger partial charge in [-0.2, -0.15) is 0 Å². The van der Waals surface area contributed by atoms with Crippen LogP contribution in [-0.4, -0.2) is 16.6 Å². The van der Waals surface area contributed by atoms with E-state index in [0.717, 1.165) is 28.5 Å². The van der Waals surface area contributed by atoms with Gasteiger partial charge in [-0.15, -0.1) is 0 Å². The Labute approximate surface area is 186 Å². The van der Waals surface area contributed by atoms with E-state index in [2.05, 4.69) is 24.4 Å². The van der Waals surface area contributed by atoms with Crippen LogP contribution in [0.4, 0.5) is 0 Å². The van der Waals surface area contributed by atoms with Gasteiger partial charge in [0.05, 0.1) is 11.4 Å². The molecule has 1 saturated carbocycles. The van der Waals surface area contributed by atoms with Crippen LogP contribution in [0.1, 0.15) is 65.0 Å². The van der Waals surface area contributed by atoms with Gasteiger partial charge in [-0.05, 0) is 12.8 Å². The van der Waals surface area contributed by atoms with Crippen molar-refractivity contribution in [2.75, 3.05) is 5.75 Å². The van der Waals surface area contributed by atoms with Gasteiger partial charge in [-0.1, -0.05) is 112 Å². The van der Waals surface area contributed by atoms with Crippen molar-refractivity contribution in [3.8, 4) is 0 Å². The number of hydrogen-bond acceptors (Lipinski definition) is 4. The van der Waals surface area contributed by atoms with E-state index in [-0.39, 0.29) is 5.78 Å². The van der Waals surface area contributed by atoms with Gasteiger partial charge < -0.3 is 10.1 Å². The van der Waals surface area contributed by atoms with Gasteiger partial charge in [0.25, 0.3) is 0 Å². The summed E-state index contributed by atoms with van der Waals surface area (Å²) in [5.74, 6) is 2.49. The Morgan fingerprint density at radius 2 is 1.57 bits per heavy atom. The summed E-state index contributed by atoms with van der Waals surface area (Å²) in [7, 11) is 0. The average Bonchev–Trinajstić information content (AvgIpc) is 3.57. The van der Waals surface area contributed by atoms with Gasteiger partial charge in [-0.25, -0.2) is 0 Å². The first-order chi connectivity index (χ1) is 14.5. The summed E-state index contributed by atoms with van der Waals surface area (Å²) in [5, 5.41) is 2.80. The first kappa shape index (κ1) is 24.1. The number of carbonyl (C=O) groups excluding carboxylic acids is 1. The Bertz CT molecular complexity index is 762. The van der Waals surface area contributed by atoms with E-state index in [4.69, 9.17) is 4.74 Å². The van der Waals surface area contributed by atoms with Crippen LogP contribution >= 0.6 is 11.8 Å². The molecule has 2 aromatic carbocycles. The summed E-state index contributed by atoms with van der Waals surface area (Å²) in [6.45, 7) is 9.81. The van der Waals surface area contributed by atoms with Gasteiger partial charge in [0.1, 0.15) is 5.78 Å². The second kappa shape index (κ2) is 11.8. The van der Waals surface area contributed by atoms with Gasteiger partial charge >= 0.3 is 0 Å². The van der Waals surface area contributed by atoms with Crippen molar-refractivity contribution in [3.05, 3.63) is 71.8 Å². The molecule has 30 heavy (non-hydrogen) atoms. The highest BCUT2D eigenvalue weighted by Gasteiger charge is 2.37. The van der Waals surface area contributed by atoms with Crippen molar-refractivity contribution in [2.24, 2.45) is 5.92 Å². The first-order valence-electron chi connectivity index (χ1n) is 11.0. The third kappa shape index (κ3) is 7.24. The largest absolute Gasteiger partial charge is 0.456 e. The van der Waals surface area contributed by atoms with Crippen molar-refractivity contribution < 1.29 is 9.53 Å². The molecule has 4 rings (SSSR count). The van der Waals surface area contributed by atoms with Crippen LogP contribution in [0.2, 0.25) is 0 Å². The summed E-state index contributed by atoms with van der Waals surface area (Å²) in [5.41, 5.74) is 3.04. The van der Waals surface area contributed by atoms with Crippen molar-refractivity contribution in [2.45, 2.75) is 58.9 Å². The molecule has 0 amide bonds. The van der Waals surface area contributed by atoms with Crippen LogP contribution in [0.3, 0.4) is 0 Å². The molecule has 0 spiro atoms. The van der Waals surface area contributed by atoms with E-state index < -0.39 is 5.06 Å². The number of benzene rings is 2. The zero-order valence-electron chi connectivity index (χ0n) is 18.9. The highest BCUT2D eigenvalue weighted by atomic mass is 32.2. The number of hydrogen-bond donors (Lipinski definition) is 1. The van der Waals surface area contributed by atoms with Gasteiger partial charge in [0.2, 0.25) is 5.06 Å². The molecule has 2 aliphatic rings. The normalized spacial score (nSPS) is 19.5. The first-order valence-corrected chi connectivity index (χ1v) is 11.9. The van der Waals surface area contributed by atoms with E-state index >= 15 is 0 Å². The Kier molecular flexibility index (Phi) is 9.51. The van der Waals surface area contributed by atoms with Gasteiger partial charge in [-0.3, -0.25) is 4.79 Å². The average molecular weight is 426 g/mol. The number of rotatable bonds is 6. The number of Topliss-reactive ketones (excluding diaryl/α,β-unsaturated/α-hetero) is 1. The molecule has 1 aliphatic carbocycles. The minimum Gasteiger partial charge on any atom is -0.456 e. The molecular formula is C26H35NO2S. The molecule has 3 nitrogen and oxygen atoms in total. The Balaban J connectivity index is 0.000000393. The molecule has 0 radical (unpaired) electrons. The van der Waals surface area contributed by atoms with Crippen LogP contribution in [0.25, 0.3) is 11.5 Å². The third-order valence-electron chi connectivity index (χ3n) is 4.80. The third-order valence-corrected chi connectivity index (χ3v) is 6.09. The minimum atomic E-state index is -0.651. The summed E-state index contributed by atoms with van der Waals surface area (Å²) in [4.78, 5) is 11.3. The predicted molar refractivity (Wildman–Crippen MR) is 130 cm³/mol. The zero-order chi connectivity index (χ0) is 22.0. The topological polar surface area (TPSA) is 38.3 Å². The van der Waals surface area contributed by atoms with Crippen LogP contribution < -0.4 is 5.32 Å². The molecule has 0 saturated heterocycles. The van der Waals surface area contributed by atoms with Crippen molar-refractivity contribution in [1.29, 1.82) is 0 Å². The maximum absolute atomic E-state index is 11.3. The van der Waals surface area contributed by atoms with E-state index in [0.29, 0.717) is 5.75 Å². The smallest absolute Gasteiger partial charge is 0.227 e. The fourth-order valence-corrected chi connectivity index (χ4v) is 3.78. The van der Waals surface area contributed by atoms with Crippen molar-refractivity contribution in [3.63, 3.8) is 0 Å². The molecule has 1 fully saturated rings. The molecule has 4 heteroatoms. The quantitative estimate of drug-likeness (QED) is 0.543. The van der Waals surface area contributed by atoms with Crippen LogP contribution in [0, 0.1) is 5.92 Å². The van der Waals surface area contributed by atoms with Gasteiger partial charge in [0, 0.05) is 18.1 Å². The van der Waals surface area contributed by atoms with E-state index in [9.17, 15) is 4.79 Å². The summed E-state index contributed by atoms with van der Waals surface area (Å²) >= 11 is 1.47. The van der Waals surface area contributed by atoms with E-state index in [1.165, 1.54) is 31.0 Å². The highest BCUT2D eigenvalue weighted by molar-refractivity contribution is 8.01. The van der Waals surface area contributed by atoms with Gasteiger partial charge in [0.15, 0.2) is 5.76 Å². The Morgan fingerprint density at radius 1 is 1.03 bits per heavy atom. The van der Waals surface area contributed by atoms with Crippen molar-refractivity contribution in [1.82, 2.24) is 5.32 Å². The van der Waals surface area contributed by atoms with Crippen LogP contribution in [-0.2, 0) is 9.53 Å². The van der Waals surface area contributed by atoms with Crippen LogP contribution in [0.5, 0.6) is 0 Å². The lowest BCUT2D eigenvalue weighted by atomic mass is 10.1. The maximum atomic E-state index is 11.3. The number of ether oxygens (including phenoxy) is 1. The Morgan fingerprint density at radius 3 is 2.00 bits per heavy atom. The molecule has 1 aliphatic heterocycles.